The molecule has 2 unspecified atom stereocenters. The average molecular weight is 321 g/mol. The van der Waals surface area contributed by atoms with Crippen molar-refractivity contribution in [3.05, 3.63) is 23.5 Å². The van der Waals surface area contributed by atoms with Crippen LogP contribution in [0.25, 0.3) is 4.96 Å². The number of nitrogens with one attached hydrogen (secondary N) is 1. The van der Waals surface area contributed by atoms with Gasteiger partial charge in [0.1, 0.15) is 0 Å². The van der Waals surface area contributed by atoms with Gasteiger partial charge < -0.3 is 10.1 Å². The second-order valence-corrected chi connectivity index (χ2v) is 6.90. The van der Waals surface area contributed by atoms with Gasteiger partial charge in [0.2, 0.25) is 5.91 Å². The summed E-state index contributed by atoms with van der Waals surface area (Å²) in [6, 6.07) is 0. The van der Waals surface area contributed by atoms with Gasteiger partial charge in [0.05, 0.1) is 24.8 Å². The Bertz CT molecular complexity index is 593. The summed E-state index contributed by atoms with van der Waals surface area (Å²) in [6.45, 7) is 3.43. The molecule has 2 aromatic heterocycles. The molecule has 0 spiro atoms. The zero-order chi connectivity index (χ0) is 15.4. The number of ether oxygens (including phenoxy) is 1. The van der Waals surface area contributed by atoms with Crippen LogP contribution in [0.1, 0.15) is 38.3 Å². The van der Waals surface area contributed by atoms with Crippen LogP contribution >= 0.6 is 11.3 Å². The molecular formula is C16H23N3O2S. The fourth-order valence-electron chi connectivity index (χ4n) is 3.02. The Labute approximate surface area is 134 Å². The first kappa shape index (κ1) is 15.5. The lowest BCUT2D eigenvalue weighted by atomic mass is 9.88. The number of nitrogens with zero attached hydrogens (tertiary/aromatic N) is 2. The van der Waals surface area contributed by atoms with E-state index in [-0.39, 0.29) is 5.91 Å². The Hall–Kier alpha value is -1.40. The van der Waals surface area contributed by atoms with Crippen molar-refractivity contribution in [2.75, 3.05) is 13.2 Å². The molecule has 0 radical (unpaired) electrons. The molecule has 0 aliphatic heterocycles. The molecule has 2 aromatic rings. The van der Waals surface area contributed by atoms with Gasteiger partial charge in [0.15, 0.2) is 4.96 Å². The zero-order valence-corrected chi connectivity index (χ0v) is 13.8. The van der Waals surface area contributed by atoms with E-state index in [4.69, 9.17) is 4.74 Å². The monoisotopic (exact) mass is 321 g/mol. The average Bonchev–Trinajstić information content (AvgIpc) is 3.06. The first-order chi connectivity index (χ1) is 10.7. The Kier molecular flexibility index (Phi) is 5.10. The van der Waals surface area contributed by atoms with Gasteiger partial charge in [-0.3, -0.25) is 9.20 Å². The van der Waals surface area contributed by atoms with Gasteiger partial charge in [-0.05, 0) is 18.8 Å². The topological polar surface area (TPSA) is 55.6 Å². The Morgan fingerprint density at radius 3 is 3.18 bits per heavy atom. The summed E-state index contributed by atoms with van der Waals surface area (Å²) in [5.41, 5.74) is 0.811. The van der Waals surface area contributed by atoms with Crippen molar-refractivity contribution in [2.24, 2.45) is 5.92 Å². The van der Waals surface area contributed by atoms with E-state index in [0.717, 1.165) is 17.1 Å². The van der Waals surface area contributed by atoms with Crippen LogP contribution < -0.4 is 5.32 Å². The van der Waals surface area contributed by atoms with Crippen LogP contribution in [0.3, 0.4) is 0 Å². The highest BCUT2D eigenvalue weighted by Gasteiger charge is 2.21. The smallest absolute Gasteiger partial charge is 0.226 e. The van der Waals surface area contributed by atoms with Crippen molar-refractivity contribution in [3.8, 4) is 0 Å². The molecular weight excluding hydrogens is 298 g/mol. The van der Waals surface area contributed by atoms with Gasteiger partial charge >= 0.3 is 0 Å². The van der Waals surface area contributed by atoms with Crippen molar-refractivity contribution in [2.45, 2.75) is 45.1 Å². The Balaban J connectivity index is 1.36. The molecule has 0 aromatic carbocycles. The third-order valence-electron chi connectivity index (χ3n) is 4.27. The highest BCUT2D eigenvalue weighted by Crippen LogP contribution is 2.25. The summed E-state index contributed by atoms with van der Waals surface area (Å²) in [7, 11) is 0. The molecule has 1 amide bonds. The van der Waals surface area contributed by atoms with Crippen molar-refractivity contribution in [3.63, 3.8) is 0 Å². The molecule has 1 saturated carbocycles. The van der Waals surface area contributed by atoms with Crippen LogP contribution in [0.2, 0.25) is 0 Å². The van der Waals surface area contributed by atoms with E-state index in [0.29, 0.717) is 31.6 Å². The summed E-state index contributed by atoms with van der Waals surface area (Å²) in [5.74, 6) is 0.647. The van der Waals surface area contributed by atoms with E-state index >= 15 is 0 Å². The number of thiazole rings is 1. The molecule has 2 heterocycles. The van der Waals surface area contributed by atoms with Crippen LogP contribution in [-0.4, -0.2) is 34.5 Å². The molecule has 5 nitrogen and oxygen atoms in total. The standard InChI is InChI=1S/C16H23N3O2S/c1-12-4-2-3-5-14(12)21-8-6-17-15(20)10-13-11-19-7-9-22-16(19)18-13/h7,9,11-12,14H,2-6,8,10H2,1H3,(H,17,20). The summed E-state index contributed by atoms with van der Waals surface area (Å²) in [6.07, 6.45) is 9.55. The van der Waals surface area contributed by atoms with Gasteiger partial charge in [-0.15, -0.1) is 11.3 Å². The number of hydrogen-bond donors (Lipinski definition) is 1. The maximum Gasteiger partial charge on any atom is 0.226 e. The van der Waals surface area contributed by atoms with Crippen LogP contribution in [0.15, 0.2) is 17.8 Å². The highest BCUT2D eigenvalue weighted by molar-refractivity contribution is 7.15. The predicted octanol–water partition coefficient (Wildman–Crippen LogP) is 2.65. The number of carbonyl (C=O) groups excluding carboxylic acids is 1. The van der Waals surface area contributed by atoms with E-state index in [2.05, 4.69) is 17.2 Å². The van der Waals surface area contributed by atoms with Gasteiger partial charge in [-0.2, -0.15) is 0 Å². The fraction of sp³-hybridized carbons (Fsp3) is 0.625. The molecule has 120 valence electrons. The summed E-state index contributed by atoms with van der Waals surface area (Å²) in [5, 5.41) is 4.89. The lowest BCUT2D eigenvalue weighted by Gasteiger charge is -2.28. The van der Waals surface area contributed by atoms with Crippen LogP contribution in [0.4, 0.5) is 0 Å². The third-order valence-corrected chi connectivity index (χ3v) is 5.04. The highest BCUT2D eigenvalue weighted by atomic mass is 32.1. The molecule has 1 fully saturated rings. The minimum atomic E-state index is 0.00560. The van der Waals surface area contributed by atoms with E-state index in [9.17, 15) is 4.79 Å². The number of aromatic nitrogens is 2. The first-order valence-corrected chi connectivity index (χ1v) is 8.90. The van der Waals surface area contributed by atoms with E-state index in [1.807, 2.05) is 22.2 Å². The van der Waals surface area contributed by atoms with E-state index in [1.165, 1.54) is 19.3 Å². The molecule has 0 saturated heterocycles. The van der Waals surface area contributed by atoms with Crippen molar-refractivity contribution < 1.29 is 9.53 Å². The minimum Gasteiger partial charge on any atom is -0.376 e. The number of fused-ring (bicyclic) bond motifs is 1. The van der Waals surface area contributed by atoms with Gasteiger partial charge in [0.25, 0.3) is 0 Å². The maximum atomic E-state index is 11.9. The predicted molar refractivity (Wildman–Crippen MR) is 87.2 cm³/mol. The molecule has 1 aliphatic carbocycles. The lowest BCUT2D eigenvalue weighted by molar-refractivity contribution is -0.121. The van der Waals surface area contributed by atoms with Crippen molar-refractivity contribution in [1.29, 1.82) is 0 Å². The third kappa shape index (κ3) is 3.87. The minimum absolute atomic E-state index is 0.00560. The Morgan fingerprint density at radius 1 is 1.50 bits per heavy atom. The summed E-state index contributed by atoms with van der Waals surface area (Å²) < 4.78 is 7.84. The van der Waals surface area contributed by atoms with Gasteiger partial charge in [-0.1, -0.05) is 19.8 Å². The largest absolute Gasteiger partial charge is 0.376 e. The zero-order valence-electron chi connectivity index (χ0n) is 13.0. The molecule has 1 aliphatic rings. The Morgan fingerprint density at radius 2 is 2.36 bits per heavy atom. The summed E-state index contributed by atoms with van der Waals surface area (Å²) >= 11 is 1.57. The number of hydrogen-bond acceptors (Lipinski definition) is 4. The SMILES string of the molecule is CC1CCCCC1OCCNC(=O)Cc1cn2ccsc2n1. The number of imidazole rings is 1. The van der Waals surface area contributed by atoms with Crippen molar-refractivity contribution in [1.82, 2.24) is 14.7 Å². The molecule has 0 bridgehead atoms. The fourth-order valence-corrected chi connectivity index (χ4v) is 3.74. The van der Waals surface area contributed by atoms with Gasteiger partial charge in [-0.25, -0.2) is 4.98 Å². The molecule has 3 rings (SSSR count). The second-order valence-electron chi connectivity index (χ2n) is 6.02. The number of carbonyl (C=O) groups is 1. The normalized spacial score (nSPS) is 22.0. The molecule has 2 atom stereocenters. The van der Waals surface area contributed by atoms with Crippen LogP contribution in [0, 0.1) is 5.92 Å². The number of amides is 1. The van der Waals surface area contributed by atoms with E-state index < -0.39 is 0 Å². The summed E-state index contributed by atoms with van der Waals surface area (Å²) in [4.78, 5) is 17.3. The maximum absolute atomic E-state index is 11.9. The molecule has 6 heteroatoms. The molecule has 22 heavy (non-hydrogen) atoms. The second kappa shape index (κ2) is 7.24. The van der Waals surface area contributed by atoms with Crippen LogP contribution in [0.5, 0.6) is 0 Å². The van der Waals surface area contributed by atoms with Crippen LogP contribution in [-0.2, 0) is 16.0 Å². The molecule has 1 N–H and O–H groups in total. The van der Waals surface area contributed by atoms with Gasteiger partial charge in [0, 0.05) is 24.3 Å². The lowest BCUT2D eigenvalue weighted by Crippen LogP contribution is -2.32. The van der Waals surface area contributed by atoms with Crippen molar-refractivity contribution >= 4 is 22.2 Å². The first-order valence-electron chi connectivity index (χ1n) is 8.02. The quantitative estimate of drug-likeness (QED) is 0.832. The number of rotatable bonds is 6. The van der Waals surface area contributed by atoms with E-state index in [1.54, 1.807) is 11.3 Å².